The summed E-state index contributed by atoms with van der Waals surface area (Å²) >= 11 is -2.00. The Hall–Kier alpha value is 0.314. The van der Waals surface area contributed by atoms with Gasteiger partial charge in [0.15, 0.2) is 0 Å². The van der Waals surface area contributed by atoms with Gasteiger partial charge in [-0.3, -0.25) is 0 Å². The van der Waals surface area contributed by atoms with Crippen LogP contribution in [0.4, 0.5) is 0 Å². The van der Waals surface area contributed by atoms with Crippen molar-refractivity contribution in [2.75, 3.05) is 0 Å². The minimum atomic E-state index is -2.00. The van der Waals surface area contributed by atoms with E-state index in [0.29, 0.717) is 0 Å². The van der Waals surface area contributed by atoms with Crippen molar-refractivity contribution in [3.05, 3.63) is 0 Å². The SMILES string of the molecule is CCCC.[O]=[Ti]=[O]. The van der Waals surface area contributed by atoms with Gasteiger partial charge in [0.1, 0.15) is 0 Å². The molecule has 0 aromatic carbocycles. The monoisotopic (exact) mass is 138 g/mol. The first-order valence-electron chi connectivity index (χ1n) is 2.32. The summed E-state index contributed by atoms with van der Waals surface area (Å²) in [5.74, 6) is 0. The van der Waals surface area contributed by atoms with Gasteiger partial charge in [0.05, 0.1) is 0 Å². The molecule has 0 aromatic heterocycles. The van der Waals surface area contributed by atoms with E-state index in [2.05, 4.69) is 13.8 Å². The summed E-state index contributed by atoms with van der Waals surface area (Å²) in [5.41, 5.74) is 0. The molecule has 0 heterocycles. The Kier molecular flexibility index (Phi) is 23.9. The molecule has 0 rings (SSSR count). The van der Waals surface area contributed by atoms with Crippen molar-refractivity contribution >= 4 is 0 Å². The van der Waals surface area contributed by atoms with E-state index < -0.39 is 19.1 Å². The van der Waals surface area contributed by atoms with Gasteiger partial charge in [-0.05, 0) is 0 Å². The number of rotatable bonds is 1. The third kappa shape index (κ3) is 68.0. The van der Waals surface area contributed by atoms with Crippen molar-refractivity contribution in [1.29, 1.82) is 0 Å². The van der Waals surface area contributed by atoms with Gasteiger partial charge >= 0.3 is 25.7 Å². The normalized spacial score (nSPS) is 5.43. The van der Waals surface area contributed by atoms with E-state index in [4.69, 9.17) is 6.65 Å². The topological polar surface area (TPSA) is 34.1 Å². The molecule has 0 aliphatic heterocycles. The fourth-order valence-electron chi connectivity index (χ4n) is 0. The Labute approximate surface area is 52.9 Å². The van der Waals surface area contributed by atoms with E-state index in [9.17, 15) is 0 Å². The second-order valence-electron chi connectivity index (χ2n) is 1.08. The Morgan fingerprint density at radius 3 is 1.29 bits per heavy atom. The van der Waals surface area contributed by atoms with Crippen molar-refractivity contribution < 1.29 is 25.7 Å². The molecule has 0 radical (unpaired) electrons. The Bertz CT molecular complexity index is 45.7. The summed E-state index contributed by atoms with van der Waals surface area (Å²) in [5, 5.41) is 0. The predicted molar refractivity (Wildman–Crippen MR) is 22.0 cm³/mol. The van der Waals surface area contributed by atoms with E-state index in [0.717, 1.165) is 0 Å². The molecule has 7 heavy (non-hydrogen) atoms. The molecule has 0 aliphatic rings. The predicted octanol–water partition coefficient (Wildman–Crippen LogP) is 1.57. The van der Waals surface area contributed by atoms with Crippen LogP contribution in [-0.4, -0.2) is 0 Å². The van der Waals surface area contributed by atoms with E-state index in [-0.39, 0.29) is 0 Å². The van der Waals surface area contributed by atoms with Gasteiger partial charge in [-0.1, -0.05) is 26.7 Å². The van der Waals surface area contributed by atoms with Crippen molar-refractivity contribution in [1.82, 2.24) is 0 Å². The summed E-state index contributed by atoms with van der Waals surface area (Å²) in [7, 11) is 0. The first-order chi connectivity index (χ1) is 3.33. The molecular formula is C4H10O2Ti. The van der Waals surface area contributed by atoms with Crippen LogP contribution in [0.15, 0.2) is 0 Å². The molecule has 0 fully saturated rings. The maximum atomic E-state index is 8.50. The molecule has 0 saturated carbocycles. The van der Waals surface area contributed by atoms with Crippen LogP contribution >= 0.6 is 0 Å². The minimum absolute atomic E-state index is 1.32. The van der Waals surface area contributed by atoms with Gasteiger partial charge < -0.3 is 0 Å². The molecule has 0 saturated heterocycles. The summed E-state index contributed by atoms with van der Waals surface area (Å²) < 4.78 is 17.0. The van der Waals surface area contributed by atoms with Gasteiger partial charge in [-0.25, -0.2) is 0 Å². The van der Waals surface area contributed by atoms with Crippen molar-refractivity contribution in [3.63, 3.8) is 0 Å². The van der Waals surface area contributed by atoms with Crippen LogP contribution in [-0.2, 0) is 25.7 Å². The van der Waals surface area contributed by atoms with Gasteiger partial charge in [0.25, 0.3) is 0 Å². The Balaban J connectivity index is 0. The molecule has 0 aliphatic carbocycles. The van der Waals surface area contributed by atoms with Gasteiger partial charge in [0, 0.05) is 0 Å². The van der Waals surface area contributed by atoms with Crippen LogP contribution in [0.5, 0.6) is 0 Å². The van der Waals surface area contributed by atoms with E-state index in [1.807, 2.05) is 0 Å². The fraction of sp³-hybridized carbons (Fsp3) is 1.00. The van der Waals surface area contributed by atoms with Crippen LogP contribution in [0, 0.1) is 0 Å². The third-order valence-electron chi connectivity index (χ3n) is 0.500. The zero-order valence-electron chi connectivity index (χ0n) is 4.73. The molecule has 0 atom stereocenters. The van der Waals surface area contributed by atoms with Crippen LogP contribution in [0.2, 0.25) is 0 Å². The zero-order valence-corrected chi connectivity index (χ0v) is 6.29. The Morgan fingerprint density at radius 2 is 1.29 bits per heavy atom. The van der Waals surface area contributed by atoms with E-state index >= 15 is 0 Å². The van der Waals surface area contributed by atoms with Crippen molar-refractivity contribution in [2.24, 2.45) is 0 Å². The number of unbranched alkanes of at least 4 members (excludes halogenated alkanes) is 1. The van der Waals surface area contributed by atoms with Crippen LogP contribution in [0.25, 0.3) is 0 Å². The first-order valence-corrected chi connectivity index (χ1v) is 3.60. The third-order valence-corrected chi connectivity index (χ3v) is 0.500. The quantitative estimate of drug-likeness (QED) is 0.515. The van der Waals surface area contributed by atoms with E-state index in [1.165, 1.54) is 12.8 Å². The second-order valence-corrected chi connectivity index (χ2v) is 1.34. The molecule has 2 nitrogen and oxygen atoms in total. The number of hydrogen-bond acceptors (Lipinski definition) is 2. The van der Waals surface area contributed by atoms with E-state index in [1.54, 1.807) is 0 Å². The molecule has 0 unspecified atom stereocenters. The van der Waals surface area contributed by atoms with Crippen LogP contribution in [0.3, 0.4) is 0 Å². The fourth-order valence-corrected chi connectivity index (χ4v) is 0. The summed E-state index contributed by atoms with van der Waals surface area (Å²) in [6, 6.07) is 0. The molecular weight excluding hydrogens is 128 g/mol. The summed E-state index contributed by atoms with van der Waals surface area (Å²) in [4.78, 5) is 0. The van der Waals surface area contributed by atoms with Crippen molar-refractivity contribution in [3.8, 4) is 0 Å². The van der Waals surface area contributed by atoms with Gasteiger partial charge in [-0.2, -0.15) is 0 Å². The number of hydrogen-bond donors (Lipinski definition) is 0. The molecule has 0 bridgehead atoms. The standard InChI is InChI=1S/C4H10.2O.Ti/c1-3-4-2;;;/h3-4H2,1-2H3;;;. The average Bonchev–Trinajstić information content (AvgIpc) is 1.69. The first kappa shape index (κ1) is 10.3. The van der Waals surface area contributed by atoms with Crippen molar-refractivity contribution in [2.45, 2.75) is 26.7 Å². The summed E-state index contributed by atoms with van der Waals surface area (Å²) in [6.07, 6.45) is 2.64. The Morgan fingerprint density at radius 1 is 1.14 bits per heavy atom. The molecule has 0 N–H and O–H groups in total. The molecule has 0 aromatic rings. The second kappa shape index (κ2) is 16.2. The molecule has 0 amide bonds. The summed E-state index contributed by atoms with van der Waals surface area (Å²) in [6.45, 7) is 4.36. The van der Waals surface area contributed by atoms with Gasteiger partial charge in [-0.15, -0.1) is 0 Å². The van der Waals surface area contributed by atoms with Crippen LogP contribution in [0.1, 0.15) is 26.7 Å². The molecule has 0 spiro atoms. The van der Waals surface area contributed by atoms with Crippen LogP contribution < -0.4 is 0 Å². The molecule has 42 valence electrons. The maximum absolute atomic E-state index is 8.50. The average molecular weight is 138 g/mol. The molecule has 3 heteroatoms. The van der Waals surface area contributed by atoms with Gasteiger partial charge in [0.2, 0.25) is 0 Å². The zero-order chi connectivity index (χ0) is 6.12.